The zero-order valence-corrected chi connectivity index (χ0v) is 11.4. The number of benzene rings is 1. The topological polar surface area (TPSA) is 32.7 Å². The SMILES string of the molecule is Cc1ccc(OCCN2CCCC2)c([C@@H](C)O)c1. The van der Waals surface area contributed by atoms with E-state index in [0.717, 1.165) is 23.4 Å². The maximum atomic E-state index is 9.75. The van der Waals surface area contributed by atoms with Gasteiger partial charge >= 0.3 is 0 Å². The first-order chi connectivity index (χ1) is 8.66. The van der Waals surface area contributed by atoms with E-state index in [1.807, 2.05) is 25.1 Å². The first-order valence-corrected chi connectivity index (χ1v) is 6.80. The zero-order valence-electron chi connectivity index (χ0n) is 11.4. The van der Waals surface area contributed by atoms with Crippen molar-refractivity contribution in [2.45, 2.75) is 32.8 Å². The van der Waals surface area contributed by atoms with E-state index in [-0.39, 0.29) is 0 Å². The average molecular weight is 249 g/mol. The van der Waals surface area contributed by atoms with Gasteiger partial charge in [0.1, 0.15) is 12.4 Å². The molecule has 18 heavy (non-hydrogen) atoms. The van der Waals surface area contributed by atoms with Gasteiger partial charge in [0.15, 0.2) is 0 Å². The highest BCUT2D eigenvalue weighted by molar-refractivity contribution is 5.38. The third-order valence-corrected chi connectivity index (χ3v) is 3.48. The van der Waals surface area contributed by atoms with Crippen LogP contribution in [-0.2, 0) is 0 Å². The van der Waals surface area contributed by atoms with Crippen LogP contribution in [0, 0.1) is 6.92 Å². The molecule has 1 aliphatic rings. The fourth-order valence-electron chi connectivity index (χ4n) is 2.42. The molecule has 1 atom stereocenters. The van der Waals surface area contributed by atoms with Crippen LogP contribution >= 0.6 is 0 Å². The van der Waals surface area contributed by atoms with Crippen LogP contribution in [0.25, 0.3) is 0 Å². The molecule has 0 aromatic heterocycles. The van der Waals surface area contributed by atoms with Crippen LogP contribution < -0.4 is 4.74 Å². The number of nitrogens with zero attached hydrogens (tertiary/aromatic N) is 1. The number of aliphatic hydroxyl groups excluding tert-OH is 1. The molecule has 1 aromatic rings. The Kier molecular flexibility index (Phi) is 4.61. The maximum Gasteiger partial charge on any atom is 0.125 e. The van der Waals surface area contributed by atoms with E-state index >= 15 is 0 Å². The number of hydrogen-bond donors (Lipinski definition) is 1. The summed E-state index contributed by atoms with van der Waals surface area (Å²) in [4.78, 5) is 2.43. The molecular weight excluding hydrogens is 226 g/mol. The molecule has 0 spiro atoms. The van der Waals surface area contributed by atoms with Crippen LogP contribution in [0.5, 0.6) is 5.75 Å². The second-order valence-electron chi connectivity index (χ2n) is 5.11. The molecule has 100 valence electrons. The molecule has 1 saturated heterocycles. The summed E-state index contributed by atoms with van der Waals surface area (Å²) in [6.07, 6.45) is 2.14. The molecule has 3 heteroatoms. The van der Waals surface area contributed by atoms with Gasteiger partial charge in [-0.25, -0.2) is 0 Å². The lowest BCUT2D eigenvalue weighted by Gasteiger charge is -2.17. The van der Waals surface area contributed by atoms with E-state index in [0.29, 0.717) is 6.61 Å². The van der Waals surface area contributed by atoms with Crippen molar-refractivity contribution in [2.24, 2.45) is 0 Å². The summed E-state index contributed by atoms with van der Waals surface area (Å²) in [6.45, 7) is 7.87. The Bertz CT molecular complexity index is 384. The molecule has 0 radical (unpaired) electrons. The minimum absolute atomic E-state index is 0.480. The first kappa shape index (κ1) is 13.4. The lowest BCUT2D eigenvalue weighted by atomic mass is 10.1. The lowest BCUT2D eigenvalue weighted by molar-refractivity contribution is 0.186. The highest BCUT2D eigenvalue weighted by Crippen LogP contribution is 2.26. The number of likely N-dealkylation sites (tertiary alicyclic amines) is 1. The normalized spacial score (nSPS) is 17.9. The van der Waals surface area contributed by atoms with Crippen molar-refractivity contribution in [3.8, 4) is 5.75 Å². The molecule has 1 aromatic carbocycles. The van der Waals surface area contributed by atoms with Crippen LogP contribution in [0.15, 0.2) is 18.2 Å². The van der Waals surface area contributed by atoms with Gasteiger partial charge in [-0.2, -0.15) is 0 Å². The van der Waals surface area contributed by atoms with Crippen LogP contribution in [0.4, 0.5) is 0 Å². The number of ether oxygens (including phenoxy) is 1. The quantitative estimate of drug-likeness (QED) is 0.870. The van der Waals surface area contributed by atoms with Crippen molar-refractivity contribution in [3.05, 3.63) is 29.3 Å². The Balaban J connectivity index is 1.91. The number of rotatable bonds is 5. The van der Waals surface area contributed by atoms with Gasteiger partial charge in [-0.05, 0) is 51.9 Å². The second-order valence-corrected chi connectivity index (χ2v) is 5.11. The predicted octanol–water partition coefficient (Wildman–Crippen LogP) is 2.52. The number of aryl methyl sites for hydroxylation is 1. The second kappa shape index (κ2) is 6.21. The third-order valence-electron chi connectivity index (χ3n) is 3.48. The highest BCUT2D eigenvalue weighted by atomic mass is 16.5. The average Bonchev–Trinajstić information content (AvgIpc) is 2.84. The van der Waals surface area contributed by atoms with Gasteiger partial charge in [-0.15, -0.1) is 0 Å². The van der Waals surface area contributed by atoms with E-state index in [2.05, 4.69) is 4.90 Å². The summed E-state index contributed by atoms with van der Waals surface area (Å²) in [5.74, 6) is 0.815. The van der Waals surface area contributed by atoms with E-state index in [4.69, 9.17) is 4.74 Å². The minimum atomic E-state index is -0.480. The fourth-order valence-corrected chi connectivity index (χ4v) is 2.42. The lowest BCUT2D eigenvalue weighted by Crippen LogP contribution is -2.25. The molecule has 0 unspecified atom stereocenters. The Morgan fingerprint density at radius 3 is 2.72 bits per heavy atom. The van der Waals surface area contributed by atoms with Gasteiger partial charge in [0.2, 0.25) is 0 Å². The molecule has 3 nitrogen and oxygen atoms in total. The molecule has 2 rings (SSSR count). The van der Waals surface area contributed by atoms with Crippen molar-refractivity contribution in [1.82, 2.24) is 4.90 Å². The van der Waals surface area contributed by atoms with Gasteiger partial charge < -0.3 is 9.84 Å². The Hall–Kier alpha value is -1.06. The van der Waals surface area contributed by atoms with Crippen molar-refractivity contribution < 1.29 is 9.84 Å². The molecule has 0 saturated carbocycles. The molecule has 1 N–H and O–H groups in total. The van der Waals surface area contributed by atoms with Crippen LogP contribution in [0.2, 0.25) is 0 Å². The van der Waals surface area contributed by atoms with E-state index in [1.54, 1.807) is 6.92 Å². The molecule has 0 aliphatic carbocycles. The van der Waals surface area contributed by atoms with Crippen molar-refractivity contribution in [3.63, 3.8) is 0 Å². The first-order valence-electron chi connectivity index (χ1n) is 6.80. The third kappa shape index (κ3) is 3.47. The van der Waals surface area contributed by atoms with Crippen LogP contribution in [-0.4, -0.2) is 36.2 Å². The Morgan fingerprint density at radius 1 is 1.33 bits per heavy atom. The van der Waals surface area contributed by atoms with Crippen molar-refractivity contribution in [2.75, 3.05) is 26.2 Å². The van der Waals surface area contributed by atoms with Crippen LogP contribution in [0.1, 0.15) is 37.0 Å². The van der Waals surface area contributed by atoms with Crippen molar-refractivity contribution in [1.29, 1.82) is 0 Å². The number of aliphatic hydroxyl groups is 1. The van der Waals surface area contributed by atoms with E-state index < -0.39 is 6.10 Å². The summed E-state index contributed by atoms with van der Waals surface area (Å²) < 4.78 is 5.81. The molecule has 0 amide bonds. The summed E-state index contributed by atoms with van der Waals surface area (Å²) in [5.41, 5.74) is 2.04. The molecule has 1 heterocycles. The van der Waals surface area contributed by atoms with E-state index in [9.17, 15) is 5.11 Å². The maximum absolute atomic E-state index is 9.75. The minimum Gasteiger partial charge on any atom is -0.492 e. The Morgan fingerprint density at radius 2 is 2.06 bits per heavy atom. The van der Waals surface area contributed by atoms with Gasteiger partial charge in [0, 0.05) is 12.1 Å². The summed E-state index contributed by atoms with van der Waals surface area (Å²) in [5, 5.41) is 9.75. The molecule has 1 aliphatic heterocycles. The number of hydrogen-bond acceptors (Lipinski definition) is 3. The summed E-state index contributed by atoms with van der Waals surface area (Å²) in [6, 6.07) is 5.98. The van der Waals surface area contributed by atoms with Crippen LogP contribution in [0.3, 0.4) is 0 Å². The van der Waals surface area contributed by atoms with Gasteiger partial charge in [-0.3, -0.25) is 4.90 Å². The molecule has 0 bridgehead atoms. The van der Waals surface area contributed by atoms with E-state index in [1.165, 1.54) is 25.9 Å². The largest absolute Gasteiger partial charge is 0.492 e. The fraction of sp³-hybridized carbons (Fsp3) is 0.600. The highest BCUT2D eigenvalue weighted by Gasteiger charge is 2.12. The Labute approximate surface area is 109 Å². The van der Waals surface area contributed by atoms with Crippen molar-refractivity contribution >= 4 is 0 Å². The summed E-state index contributed by atoms with van der Waals surface area (Å²) >= 11 is 0. The van der Waals surface area contributed by atoms with Gasteiger partial charge in [-0.1, -0.05) is 11.6 Å². The standard InChI is InChI=1S/C15H23NO2/c1-12-5-6-15(14(11-12)13(2)17)18-10-9-16-7-3-4-8-16/h5-6,11,13,17H,3-4,7-10H2,1-2H3/t13-/m1/s1. The predicted molar refractivity (Wildman–Crippen MR) is 73.0 cm³/mol. The molecular formula is C15H23NO2. The summed E-state index contributed by atoms with van der Waals surface area (Å²) in [7, 11) is 0. The van der Waals surface area contributed by atoms with Gasteiger partial charge in [0.25, 0.3) is 0 Å². The van der Waals surface area contributed by atoms with Gasteiger partial charge in [0.05, 0.1) is 6.10 Å². The monoisotopic (exact) mass is 249 g/mol. The zero-order chi connectivity index (χ0) is 13.0. The molecule has 1 fully saturated rings. The smallest absolute Gasteiger partial charge is 0.125 e.